The van der Waals surface area contributed by atoms with Gasteiger partial charge in [-0.25, -0.2) is 4.79 Å². The van der Waals surface area contributed by atoms with Crippen LogP contribution in [0.3, 0.4) is 0 Å². The van der Waals surface area contributed by atoms with Crippen LogP contribution in [0.2, 0.25) is 0 Å². The summed E-state index contributed by atoms with van der Waals surface area (Å²) in [6.07, 6.45) is -4.10. The first-order chi connectivity index (χ1) is 9.41. The van der Waals surface area contributed by atoms with Crippen LogP contribution < -0.4 is 0 Å². The second-order valence-corrected chi connectivity index (χ2v) is 6.12. The molecule has 0 saturated carbocycles. The molecule has 1 aliphatic heterocycles. The highest BCUT2D eigenvalue weighted by atomic mass is 32.1. The third-order valence-electron chi connectivity index (χ3n) is 4.00. The summed E-state index contributed by atoms with van der Waals surface area (Å²) in [4.78, 5) is 14.0. The van der Waals surface area contributed by atoms with E-state index in [-0.39, 0.29) is 18.4 Å². The van der Waals surface area contributed by atoms with Crippen LogP contribution in [0.1, 0.15) is 28.8 Å². The molecule has 20 heavy (non-hydrogen) atoms. The molecule has 3 rings (SSSR count). The van der Waals surface area contributed by atoms with E-state index in [1.807, 2.05) is 0 Å². The fourth-order valence-corrected chi connectivity index (χ4v) is 4.42. The van der Waals surface area contributed by atoms with E-state index >= 15 is 0 Å². The van der Waals surface area contributed by atoms with Gasteiger partial charge in [0.05, 0.1) is 12.2 Å². The van der Waals surface area contributed by atoms with Gasteiger partial charge >= 0.3 is 12.3 Å². The van der Waals surface area contributed by atoms with Crippen molar-refractivity contribution < 1.29 is 22.7 Å². The molecule has 1 amide bonds. The molecule has 1 aromatic heterocycles. The monoisotopic (exact) mass is 305 g/mol. The van der Waals surface area contributed by atoms with Crippen molar-refractivity contribution in [2.24, 2.45) is 5.92 Å². The molecule has 2 atom stereocenters. The van der Waals surface area contributed by atoms with Crippen LogP contribution in [-0.4, -0.2) is 30.7 Å². The van der Waals surface area contributed by atoms with Crippen molar-refractivity contribution in [3.05, 3.63) is 21.4 Å². The van der Waals surface area contributed by atoms with Gasteiger partial charge in [-0.1, -0.05) is 0 Å². The van der Waals surface area contributed by atoms with Crippen LogP contribution in [-0.2, 0) is 17.3 Å². The number of alkyl halides is 3. The molecular formula is C13H14F3NO2S. The maximum Gasteiger partial charge on any atom is 0.417 e. The van der Waals surface area contributed by atoms with Gasteiger partial charge in [0.1, 0.15) is 0 Å². The molecule has 110 valence electrons. The lowest BCUT2D eigenvalue weighted by molar-refractivity contribution is -0.138. The van der Waals surface area contributed by atoms with Gasteiger partial charge in [-0.15, -0.1) is 11.3 Å². The van der Waals surface area contributed by atoms with Crippen molar-refractivity contribution >= 4 is 17.4 Å². The van der Waals surface area contributed by atoms with E-state index in [0.717, 1.165) is 4.88 Å². The highest BCUT2D eigenvalue weighted by molar-refractivity contribution is 7.10. The van der Waals surface area contributed by atoms with Crippen molar-refractivity contribution in [1.82, 2.24) is 4.90 Å². The van der Waals surface area contributed by atoms with Crippen LogP contribution in [0.4, 0.5) is 18.0 Å². The minimum Gasteiger partial charge on any atom is -0.450 e. The van der Waals surface area contributed by atoms with Crippen molar-refractivity contribution in [3.8, 4) is 0 Å². The number of hydrogen-bond acceptors (Lipinski definition) is 3. The lowest BCUT2D eigenvalue weighted by Crippen LogP contribution is -2.30. The molecule has 2 heterocycles. The highest BCUT2D eigenvalue weighted by Crippen LogP contribution is 2.50. The summed E-state index contributed by atoms with van der Waals surface area (Å²) in [6, 6.07) is 0. The lowest BCUT2D eigenvalue weighted by atomic mass is 9.94. The number of carbonyl (C=O) groups excluding carboxylic acids is 1. The van der Waals surface area contributed by atoms with E-state index in [1.165, 1.54) is 21.6 Å². The predicted octanol–water partition coefficient (Wildman–Crippen LogP) is 3.49. The number of rotatable bonds is 1. The van der Waals surface area contributed by atoms with Crippen molar-refractivity contribution in [1.29, 1.82) is 0 Å². The van der Waals surface area contributed by atoms with Gasteiger partial charge in [-0.3, -0.25) is 0 Å². The summed E-state index contributed by atoms with van der Waals surface area (Å²) in [7, 11) is 0. The topological polar surface area (TPSA) is 29.5 Å². The number of nitrogens with zero attached hydrogens (tertiary/aromatic N) is 1. The summed E-state index contributed by atoms with van der Waals surface area (Å²) in [6.45, 7) is 2.81. The zero-order valence-electron chi connectivity index (χ0n) is 10.9. The van der Waals surface area contributed by atoms with Crippen LogP contribution in [0.15, 0.2) is 5.38 Å². The van der Waals surface area contributed by atoms with E-state index in [0.29, 0.717) is 25.1 Å². The van der Waals surface area contributed by atoms with Gasteiger partial charge in [0.2, 0.25) is 0 Å². The van der Waals surface area contributed by atoms with E-state index in [2.05, 4.69) is 0 Å². The molecule has 0 bridgehead atoms. The summed E-state index contributed by atoms with van der Waals surface area (Å²) in [5, 5.41) is 1.20. The fraction of sp³-hybridized carbons (Fsp3) is 0.615. The Labute approximate surface area is 118 Å². The van der Waals surface area contributed by atoms with Crippen LogP contribution in [0, 0.1) is 5.92 Å². The molecule has 2 aliphatic rings. The molecule has 0 radical (unpaired) electrons. The van der Waals surface area contributed by atoms with Gasteiger partial charge in [0.15, 0.2) is 0 Å². The van der Waals surface area contributed by atoms with Gasteiger partial charge in [-0.2, -0.15) is 13.2 Å². The molecule has 3 nitrogen and oxygen atoms in total. The van der Waals surface area contributed by atoms with Gasteiger partial charge in [-0.05, 0) is 24.8 Å². The highest BCUT2D eigenvalue weighted by Gasteiger charge is 2.48. The van der Waals surface area contributed by atoms with E-state index in [9.17, 15) is 18.0 Å². The Bertz CT molecular complexity index is 540. The minimum absolute atomic E-state index is 0.1000. The zero-order chi connectivity index (χ0) is 14.5. The first-order valence-corrected chi connectivity index (χ1v) is 7.39. The number of ether oxygens (including phenoxy) is 1. The summed E-state index contributed by atoms with van der Waals surface area (Å²) >= 11 is 1.19. The summed E-state index contributed by atoms with van der Waals surface area (Å²) in [5.41, 5.74) is -0.102. The van der Waals surface area contributed by atoms with Crippen LogP contribution in [0.5, 0.6) is 0 Å². The molecule has 0 N–H and O–H groups in total. The predicted molar refractivity (Wildman–Crippen MR) is 67.9 cm³/mol. The molecule has 2 unspecified atom stereocenters. The number of halogens is 3. The molecule has 1 saturated heterocycles. The third kappa shape index (κ3) is 2.08. The maximum absolute atomic E-state index is 13.0. The lowest BCUT2D eigenvalue weighted by Gasteiger charge is -2.17. The third-order valence-corrected chi connectivity index (χ3v) is 5.03. The normalized spacial score (nSPS) is 24.7. The van der Waals surface area contributed by atoms with Crippen LogP contribution in [0.25, 0.3) is 0 Å². The van der Waals surface area contributed by atoms with Gasteiger partial charge < -0.3 is 9.64 Å². The summed E-state index contributed by atoms with van der Waals surface area (Å²) in [5.74, 6) is -0.0970. The van der Waals surface area contributed by atoms with Gasteiger partial charge in [0.25, 0.3) is 0 Å². The molecule has 1 aromatic rings. The van der Waals surface area contributed by atoms with Crippen LogP contribution >= 0.6 is 11.3 Å². The molecule has 0 spiro atoms. The molecule has 1 fully saturated rings. The second kappa shape index (κ2) is 4.65. The number of fused-ring (bicyclic) bond motifs is 3. The first kappa shape index (κ1) is 13.7. The molecule has 7 heteroatoms. The van der Waals surface area contributed by atoms with E-state index in [4.69, 9.17) is 4.74 Å². The second-order valence-electron chi connectivity index (χ2n) is 5.16. The Morgan fingerprint density at radius 2 is 2.25 bits per heavy atom. The van der Waals surface area contributed by atoms with Crippen molar-refractivity contribution in [2.75, 3.05) is 19.7 Å². The Balaban J connectivity index is 1.84. The average Bonchev–Trinajstić information content (AvgIpc) is 2.96. The van der Waals surface area contributed by atoms with E-state index < -0.39 is 17.8 Å². The summed E-state index contributed by atoms with van der Waals surface area (Å²) < 4.78 is 44.0. The first-order valence-electron chi connectivity index (χ1n) is 6.51. The number of hydrogen-bond donors (Lipinski definition) is 0. The van der Waals surface area contributed by atoms with Crippen molar-refractivity contribution in [2.45, 2.75) is 25.4 Å². The number of likely N-dealkylation sites (tertiary alicyclic amines) is 1. The molecule has 0 aromatic carbocycles. The smallest absolute Gasteiger partial charge is 0.417 e. The standard InChI is InChI=1S/C13H14F3NO2S/c1-2-19-12(18)17-4-7-3-10-11(8(7)5-17)9(6-20-10)13(14,15)16/h6-8H,2-5H2,1H3. The SMILES string of the molecule is CCOC(=O)N1CC2Cc3scc(C(F)(F)F)c3C2C1. The largest absolute Gasteiger partial charge is 0.450 e. The Morgan fingerprint density at radius 1 is 1.50 bits per heavy atom. The fourth-order valence-electron chi connectivity index (χ4n) is 3.20. The number of amides is 1. The molecule has 1 aliphatic carbocycles. The Hall–Kier alpha value is -1.24. The average molecular weight is 305 g/mol. The Kier molecular flexibility index (Phi) is 3.19. The maximum atomic E-state index is 13.0. The minimum atomic E-state index is -4.31. The van der Waals surface area contributed by atoms with E-state index in [1.54, 1.807) is 6.92 Å². The van der Waals surface area contributed by atoms with Gasteiger partial charge in [0, 0.05) is 29.3 Å². The zero-order valence-corrected chi connectivity index (χ0v) is 11.7. The quantitative estimate of drug-likeness (QED) is 0.795. The molecular weight excluding hydrogens is 291 g/mol. The number of carbonyl (C=O) groups is 1. The number of thiophene rings is 1. The van der Waals surface area contributed by atoms with Crippen molar-refractivity contribution in [3.63, 3.8) is 0 Å². The Morgan fingerprint density at radius 3 is 2.90 bits per heavy atom.